The van der Waals surface area contributed by atoms with Crippen LogP contribution in [0.1, 0.15) is 16.7 Å². The molecule has 0 spiro atoms. The highest BCUT2D eigenvalue weighted by atomic mass is 79.9. The van der Waals surface area contributed by atoms with Gasteiger partial charge in [0.05, 0.1) is 11.9 Å². The van der Waals surface area contributed by atoms with Gasteiger partial charge in [-0.2, -0.15) is 5.10 Å². The van der Waals surface area contributed by atoms with Crippen molar-refractivity contribution in [2.45, 2.75) is 20.8 Å². The second kappa shape index (κ2) is 4.46. The van der Waals surface area contributed by atoms with Gasteiger partial charge >= 0.3 is 0 Å². The first-order valence-corrected chi connectivity index (χ1v) is 6.94. The minimum Gasteiger partial charge on any atom is -0.220 e. The van der Waals surface area contributed by atoms with Gasteiger partial charge < -0.3 is 0 Å². The monoisotopic (exact) mass is 315 g/mol. The lowest BCUT2D eigenvalue weighted by Gasteiger charge is -2.09. The van der Waals surface area contributed by atoms with Crippen LogP contribution in [0.2, 0.25) is 0 Å². The van der Waals surface area contributed by atoms with E-state index < -0.39 is 0 Å². The topological polar surface area (TPSA) is 30.2 Å². The van der Waals surface area contributed by atoms with Gasteiger partial charge in [0.25, 0.3) is 0 Å². The van der Waals surface area contributed by atoms with Crippen LogP contribution >= 0.6 is 15.9 Å². The predicted molar refractivity (Wildman–Crippen MR) is 80.3 cm³/mol. The fraction of sp³-hybridized carbons (Fsp3) is 0.200. The average Bonchev–Trinajstić information content (AvgIpc) is 2.72. The highest BCUT2D eigenvalue weighted by Crippen LogP contribution is 2.25. The van der Waals surface area contributed by atoms with Crippen molar-refractivity contribution in [1.82, 2.24) is 14.6 Å². The van der Waals surface area contributed by atoms with Gasteiger partial charge in [0.2, 0.25) is 0 Å². The smallest absolute Gasteiger partial charge is 0.154 e. The van der Waals surface area contributed by atoms with Gasteiger partial charge in [-0.15, -0.1) is 0 Å². The summed E-state index contributed by atoms with van der Waals surface area (Å²) in [6.45, 7) is 6.39. The first-order chi connectivity index (χ1) is 9.04. The van der Waals surface area contributed by atoms with E-state index >= 15 is 0 Å². The SMILES string of the molecule is Cc1cc(C)c(-c2ccc3nc(Br)cn3n2)cc1C. The molecule has 4 heteroatoms. The molecule has 0 amide bonds. The molecule has 3 nitrogen and oxygen atoms in total. The van der Waals surface area contributed by atoms with Crippen molar-refractivity contribution in [1.29, 1.82) is 0 Å². The van der Waals surface area contributed by atoms with Crippen molar-refractivity contribution in [3.63, 3.8) is 0 Å². The van der Waals surface area contributed by atoms with Gasteiger partial charge in [-0.05, 0) is 71.6 Å². The predicted octanol–water partition coefficient (Wildman–Crippen LogP) is 4.08. The molecule has 1 aromatic carbocycles. The summed E-state index contributed by atoms with van der Waals surface area (Å²) in [5, 5.41) is 4.62. The van der Waals surface area contributed by atoms with E-state index in [2.05, 4.69) is 58.9 Å². The molecule has 0 bridgehead atoms. The van der Waals surface area contributed by atoms with Crippen LogP contribution in [0.4, 0.5) is 0 Å². The Morgan fingerprint density at radius 1 is 1.00 bits per heavy atom. The van der Waals surface area contributed by atoms with Gasteiger partial charge in [0.15, 0.2) is 5.65 Å². The highest BCUT2D eigenvalue weighted by Gasteiger charge is 2.08. The molecular weight excluding hydrogens is 302 g/mol. The van der Waals surface area contributed by atoms with Gasteiger partial charge in [-0.3, -0.25) is 0 Å². The van der Waals surface area contributed by atoms with E-state index in [-0.39, 0.29) is 0 Å². The number of nitrogens with zero attached hydrogens (tertiary/aromatic N) is 3. The number of aromatic nitrogens is 3. The molecule has 19 heavy (non-hydrogen) atoms. The maximum absolute atomic E-state index is 4.62. The number of hydrogen-bond acceptors (Lipinski definition) is 2. The fourth-order valence-corrected chi connectivity index (χ4v) is 2.61. The van der Waals surface area contributed by atoms with Crippen LogP contribution in [0.25, 0.3) is 16.9 Å². The Morgan fingerprint density at radius 2 is 1.74 bits per heavy atom. The molecular formula is C15H14BrN3. The summed E-state index contributed by atoms with van der Waals surface area (Å²) in [5.41, 5.74) is 6.83. The molecule has 0 aliphatic rings. The molecule has 0 atom stereocenters. The zero-order chi connectivity index (χ0) is 13.6. The maximum Gasteiger partial charge on any atom is 0.154 e. The second-order valence-corrected chi connectivity index (χ2v) is 5.65. The molecule has 0 unspecified atom stereocenters. The minimum absolute atomic E-state index is 0.800. The fourth-order valence-electron chi connectivity index (χ4n) is 2.23. The summed E-state index contributed by atoms with van der Waals surface area (Å²) in [7, 11) is 0. The number of halogens is 1. The van der Waals surface area contributed by atoms with Crippen LogP contribution in [-0.4, -0.2) is 14.6 Å². The molecule has 0 saturated heterocycles. The molecule has 0 fully saturated rings. The average molecular weight is 316 g/mol. The molecule has 0 N–H and O–H groups in total. The van der Waals surface area contributed by atoms with E-state index in [1.54, 1.807) is 4.52 Å². The van der Waals surface area contributed by atoms with Gasteiger partial charge in [-0.1, -0.05) is 6.07 Å². The highest BCUT2D eigenvalue weighted by molar-refractivity contribution is 9.10. The normalized spacial score (nSPS) is 11.2. The molecule has 2 heterocycles. The molecule has 2 aromatic heterocycles. The van der Waals surface area contributed by atoms with Gasteiger partial charge in [-0.25, -0.2) is 9.50 Å². The zero-order valence-electron chi connectivity index (χ0n) is 11.1. The van der Waals surface area contributed by atoms with E-state index in [1.165, 1.54) is 22.3 Å². The first-order valence-electron chi connectivity index (χ1n) is 6.15. The van der Waals surface area contributed by atoms with E-state index in [1.807, 2.05) is 18.3 Å². The van der Waals surface area contributed by atoms with E-state index in [4.69, 9.17) is 0 Å². The van der Waals surface area contributed by atoms with E-state index in [0.29, 0.717) is 0 Å². The number of hydrogen-bond donors (Lipinski definition) is 0. The van der Waals surface area contributed by atoms with Gasteiger partial charge in [0.1, 0.15) is 4.60 Å². The molecule has 0 radical (unpaired) electrons. The van der Waals surface area contributed by atoms with Crippen LogP contribution in [0.3, 0.4) is 0 Å². The van der Waals surface area contributed by atoms with Crippen LogP contribution < -0.4 is 0 Å². The van der Waals surface area contributed by atoms with Crippen molar-refractivity contribution in [3.05, 3.63) is 51.8 Å². The van der Waals surface area contributed by atoms with Crippen molar-refractivity contribution >= 4 is 21.6 Å². The Kier molecular flexibility index (Phi) is 2.90. The Balaban J connectivity index is 2.21. The zero-order valence-corrected chi connectivity index (χ0v) is 12.7. The third-order valence-corrected chi connectivity index (χ3v) is 3.79. The van der Waals surface area contributed by atoms with Crippen molar-refractivity contribution < 1.29 is 0 Å². The molecule has 0 saturated carbocycles. The summed E-state index contributed by atoms with van der Waals surface area (Å²) in [4.78, 5) is 4.32. The third-order valence-electron chi connectivity index (χ3n) is 3.41. The minimum atomic E-state index is 0.800. The van der Waals surface area contributed by atoms with Crippen molar-refractivity contribution in [2.75, 3.05) is 0 Å². The third kappa shape index (κ3) is 2.16. The number of aryl methyl sites for hydroxylation is 3. The Morgan fingerprint density at radius 3 is 2.53 bits per heavy atom. The lowest BCUT2D eigenvalue weighted by Crippen LogP contribution is -1.96. The van der Waals surface area contributed by atoms with Crippen LogP contribution in [0.15, 0.2) is 35.1 Å². The maximum atomic E-state index is 4.62. The Labute approximate surface area is 120 Å². The number of rotatable bonds is 1. The first kappa shape index (κ1) is 12.4. The number of benzene rings is 1. The quantitative estimate of drug-likeness (QED) is 0.677. The van der Waals surface area contributed by atoms with Crippen LogP contribution in [0, 0.1) is 20.8 Å². The van der Waals surface area contributed by atoms with Crippen LogP contribution in [0.5, 0.6) is 0 Å². The summed E-state index contributed by atoms with van der Waals surface area (Å²) < 4.78 is 2.60. The van der Waals surface area contributed by atoms with Gasteiger partial charge in [0, 0.05) is 5.56 Å². The lowest BCUT2D eigenvalue weighted by molar-refractivity contribution is 0.940. The Bertz CT molecular complexity index is 774. The molecule has 0 aliphatic carbocycles. The summed E-state index contributed by atoms with van der Waals surface area (Å²) in [6, 6.07) is 8.42. The summed E-state index contributed by atoms with van der Waals surface area (Å²) in [6.07, 6.45) is 1.87. The summed E-state index contributed by atoms with van der Waals surface area (Å²) in [5.74, 6) is 0. The largest absolute Gasteiger partial charge is 0.220 e. The van der Waals surface area contributed by atoms with Crippen molar-refractivity contribution in [3.8, 4) is 11.3 Å². The molecule has 3 rings (SSSR count). The number of fused-ring (bicyclic) bond motifs is 1. The number of imidazole rings is 1. The summed E-state index contributed by atoms with van der Waals surface area (Å²) >= 11 is 3.37. The molecule has 0 aliphatic heterocycles. The molecule has 96 valence electrons. The van der Waals surface area contributed by atoms with E-state index in [9.17, 15) is 0 Å². The standard InChI is InChI=1S/C15H14BrN3/c1-9-6-11(3)12(7-10(9)2)13-4-5-15-17-14(16)8-19(15)18-13/h4-8H,1-3H3. The lowest BCUT2D eigenvalue weighted by atomic mass is 9.99. The van der Waals surface area contributed by atoms with E-state index in [0.717, 1.165) is 15.9 Å². The Hall–Kier alpha value is -1.68. The second-order valence-electron chi connectivity index (χ2n) is 4.84. The van der Waals surface area contributed by atoms with Crippen molar-refractivity contribution in [2.24, 2.45) is 0 Å². The van der Waals surface area contributed by atoms with Crippen LogP contribution in [-0.2, 0) is 0 Å². The molecule has 3 aromatic rings.